The zero-order valence-corrected chi connectivity index (χ0v) is 18.6. The van der Waals surface area contributed by atoms with Crippen molar-refractivity contribution in [2.45, 2.75) is 91.3 Å². The van der Waals surface area contributed by atoms with Gasteiger partial charge in [0.1, 0.15) is 12.2 Å². The summed E-state index contributed by atoms with van der Waals surface area (Å²) in [5.74, 6) is 2.63. The Labute approximate surface area is 175 Å². The maximum atomic E-state index is 12.0. The van der Waals surface area contributed by atoms with Crippen LogP contribution in [0.15, 0.2) is 12.7 Å². The third-order valence-corrected chi connectivity index (χ3v) is 9.69. The number of allylic oxidation sites excluding steroid dienone is 1. The molecule has 0 radical (unpaired) electrons. The minimum atomic E-state index is -0.155. The molecule has 0 N–H and O–H groups in total. The summed E-state index contributed by atoms with van der Waals surface area (Å²) in [5, 5.41) is 0. The van der Waals surface area contributed by atoms with Gasteiger partial charge in [-0.3, -0.25) is 9.59 Å². The monoisotopic (exact) mass is 402 g/mol. The van der Waals surface area contributed by atoms with Gasteiger partial charge in [-0.2, -0.15) is 0 Å². The normalized spacial score (nSPS) is 48.6. The van der Waals surface area contributed by atoms with Gasteiger partial charge < -0.3 is 9.47 Å². The van der Waals surface area contributed by atoms with Crippen LogP contribution in [0.4, 0.5) is 0 Å². The SMILES string of the molecule is C=C[C@H]1CC[C@H]2[C@@H]3CC[C@H]4C[C@H](OC(C)=O)CC[C@]4(C)[C@H]3C[C@H](OC(C)=O)[C@]12C. The van der Waals surface area contributed by atoms with Crippen molar-refractivity contribution >= 4 is 11.9 Å². The lowest BCUT2D eigenvalue weighted by Gasteiger charge is -2.62. The second kappa shape index (κ2) is 7.42. The first-order chi connectivity index (χ1) is 13.7. The van der Waals surface area contributed by atoms with Crippen molar-refractivity contribution in [2.24, 2.45) is 40.4 Å². The zero-order valence-electron chi connectivity index (χ0n) is 18.6. The number of carbonyl (C=O) groups is 2. The van der Waals surface area contributed by atoms with Crippen LogP contribution < -0.4 is 0 Å². The summed E-state index contributed by atoms with van der Waals surface area (Å²) in [5.41, 5.74) is 0.276. The molecule has 162 valence electrons. The molecule has 0 bridgehead atoms. The lowest BCUT2D eigenvalue weighted by atomic mass is 9.44. The summed E-state index contributed by atoms with van der Waals surface area (Å²) in [4.78, 5) is 23.5. The van der Waals surface area contributed by atoms with Crippen molar-refractivity contribution in [3.63, 3.8) is 0 Å². The highest BCUT2D eigenvalue weighted by Crippen LogP contribution is 2.68. The van der Waals surface area contributed by atoms with Gasteiger partial charge in [0.2, 0.25) is 0 Å². The fraction of sp³-hybridized carbons (Fsp3) is 0.840. The molecule has 0 amide bonds. The Kier molecular flexibility index (Phi) is 5.36. The smallest absolute Gasteiger partial charge is 0.302 e. The van der Waals surface area contributed by atoms with Gasteiger partial charge in [-0.15, -0.1) is 6.58 Å². The molecule has 0 saturated heterocycles. The summed E-state index contributed by atoms with van der Waals surface area (Å²) >= 11 is 0. The number of esters is 2. The van der Waals surface area contributed by atoms with Crippen molar-refractivity contribution in [2.75, 3.05) is 0 Å². The lowest BCUT2D eigenvalue weighted by Crippen LogP contribution is -2.59. The van der Waals surface area contributed by atoms with Crippen LogP contribution in [0, 0.1) is 40.4 Å². The van der Waals surface area contributed by atoms with E-state index in [1.54, 1.807) is 6.92 Å². The van der Waals surface area contributed by atoms with Crippen molar-refractivity contribution in [1.82, 2.24) is 0 Å². The van der Waals surface area contributed by atoms with Gasteiger partial charge in [0.05, 0.1) is 0 Å². The molecule has 4 aliphatic rings. The Morgan fingerprint density at radius 1 is 0.931 bits per heavy atom. The van der Waals surface area contributed by atoms with Crippen molar-refractivity contribution < 1.29 is 19.1 Å². The first-order valence-electron chi connectivity index (χ1n) is 11.7. The molecule has 0 aliphatic heterocycles. The average Bonchev–Trinajstić information content (AvgIpc) is 2.99. The van der Waals surface area contributed by atoms with Gasteiger partial charge in [0.25, 0.3) is 0 Å². The van der Waals surface area contributed by atoms with Crippen molar-refractivity contribution in [1.29, 1.82) is 0 Å². The molecule has 0 heterocycles. The fourth-order valence-corrected chi connectivity index (χ4v) is 8.31. The highest BCUT2D eigenvalue weighted by molar-refractivity contribution is 5.66. The highest BCUT2D eigenvalue weighted by Gasteiger charge is 2.64. The van der Waals surface area contributed by atoms with E-state index in [1.165, 1.54) is 32.6 Å². The molecule has 4 fully saturated rings. The second-order valence-corrected chi connectivity index (χ2v) is 10.8. The Morgan fingerprint density at radius 2 is 1.66 bits per heavy atom. The van der Waals surface area contributed by atoms with Crippen molar-refractivity contribution in [3.8, 4) is 0 Å². The molecule has 0 aromatic rings. The van der Waals surface area contributed by atoms with E-state index in [1.807, 2.05) is 0 Å². The van der Waals surface area contributed by atoms with E-state index in [0.717, 1.165) is 25.7 Å². The molecule has 0 aromatic carbocycles. The van der Waals surface area contributed by atoms with Gasteiger partial charge >= 0.3 is 11.9 Å². The third kappa shape index (κ3) is 3.25. The summed E-state index contributed by atoms with van der Waals surface area (Å²) in [7, 11) is 0. The number of fused-ring (bicyclic) bond motifs is 5. The first-order valence-corrected chi connectivity index (χ1v) is 11.7. The van der Waals surface area contributed by atoms with E-state index in [2.05, 4.69) is 26.5 Å². The van der Waals surface area contributed by atoms with Gasteiger partial charge in [-0.1, -0.05) is 19.9 Å². The van der Waals surface area contributed by atoms with Crippen LogP contribution in [-0.2, 0) is 19.1 Å². The molecular formula is C25H38O4. The van der Waals surface area contributed by atoms with E-state index in [9.17, 15) is 9.59 Å². The summed E-state index contributed by atoms with van der Waals surface area (Å²) in [6, 6.07) is 0. The fourth-order valence-electron chi connectivity index (χ4n) is 8.31. The zero-order chi connectivity index (χ0) is 21.0. The topological polar surface area (TPSA) is 52.6 Å². The van der Waals surface area contributed by atoms with E-state index in [-0.39, 0.29) is 35.0 Å². The number of ether oxygens (including phenoxy) is 2. The molecule has 4 nitrogen and oxygen atoms in total. The van der Waals surface area contributed by atoms with Gasteiger partial charge in [0.15, 0.2) is 0 Å². The maximum absolute atomic E-state index is 12.0. The molecule has 4 rings (SSSR count). The Hall–Kier alpha value is -1.32. The highest BCUT2D eigenvalue weighted by atomic mass is 16.5. The molecule has 4 heteroatoms. The van der Waals surface area contributed by atoms with E-state index in [4.69, 9.17) is 9.47 Å². The van der Waals surface area contributed by atoms with Gasteiger partial charge in [-0.05, 0) is 86.4 Å². The maximum Gasteiger partial charge on any atom is 0.302 e. The molecule has 0 spiro atoms. The number of hydrogen-bond acceptors (Lipinski definition) is 4. The van der Waals surface area contributed by atoms with Gasteiger partial charge in [-0.25, -0.2) is 0 Å². The predicted molar refractivity (Wildman–Crippen MR) is 112 cm³/mol. The quantitative estimate of drug-likeness (QED) is 0.474. The molecule has 4 aliphatic carbocycles. The van der Waals surface area contributed by atoms with Crippen LogP contribution >= 0.6 is 0 Å². The molecule has 9 atom stereocenters. The lowest BCUT2D eigenvalue weighted by molar-refractivity contribution is -0.192. The van der Waals surface area contributed by atoms with Crippen LogP contribution in [0.25, 0.3) is 0 Å². The summed E-state index contributed by atoms with van der Waals surface area (Å²) in [6.07, 6.45) is 11.1. The van der Waals surface area contributed by atoms with E-state index >= 15 is 0 Å². The first kappa shape index (κ1) is 20.9. The van der Waals surface area contributed by atoms with E-state index in [0.29, 0.717) is 29.6 Å². The summed E-state index contributed by atoms with van der Waals surface area (Å²) in [6.45, 7) is 12.0. The molecule has 29 heavy (non-hydrogen) atoms. The second-order valence-electron chi connectivity index (χ2n) is 10.8. The molecule has 4 saturated carbocycles. The standard InChI is InChI=1S/C25H38O4/c1-6-17-8-10-21-20-9-7-18-13-19(28-15(2)26)11-12-24(18,4)22(20)14-23(25(17,21)5)29-16(3)27/h6,17-23H,1,7-14H2,2-5H3/t17-,18-,19+,20-,21-,22-,23-,24-,25+/m0/s1. The minimum absolute atomic E-state index is 0.0153. The Balaban J connectivity index is 1.62. The van der Waals surface area contributed by atoms with Crippen LogP contribution in [0.5, 0.6) is 0 Å². The van der Waals surface area contributed by atoms with Crippen LogP contribution in [0.1, 0.15) is 79.1 Å². The Bertz CT molecular complexity index is 686. The predicted octanol–water partition coefficient (Wildman–Crippen LogP) is 5.30. The third-order valence-electron chi connectivity index (χ3n) is 9.69. The molecule has 0 aromatic heterocycles. The van der Waals surface area contributed by atoms with Crippen molar-refractivity contribution in [3.05, 3.63) is 12.7 Å². The number of rotatable bonds is 3. The summed E-state index contributed by atoms with van der Waals surface area (Å²) < 4.78 is 11.6. The van der Waals surface area contributed by atoms with Crippen LogP contribution in [-0.4, -0.2) is 24.1 Å². The van der Waals surface area contributed by atoms with Gasteiger partial charge in [0, 0.05) is 19.3 Å². The van der Waals surface area contributed by atoms with Crippen LogP contribution in [0.2, 0.25) is 0 Å². The minimum Gasteiger partial charge on any atom is -0.463 e. The molecular weight excluding hydrogens is 364 g/mol. The van der Waals surface area contributed by atoms with Crippen LogP contribution in [0.3, 0.4) is 0 Å². The largest absolute Gasteiger partial charge is 0.463 e. The average molecular weight is 403 g/mol. The molecule has 0 unspecified atom stereocenters. The van der Waals surface area contributed by atoms with E-state index < -0.39 is 0 Å². The number of carbonyl (C=O) groups excluding carboxylic acids is 2. The number of hydrogen-bond donors (Lipinski definition) is 0. The Morgan fingerprint density at radius 3 is 2.31 bits per heavy atom.